The lowest BCUT2D eigenvalue weighted by atomic mass is 9.82. The second-order valence-corrected chi connectivity index (χ2v) is 8.71. The molecule has 0 fully saturated rings. The second-order valence-electron chi connectivity index (χ2n) is 8.71. The number of hydrogen-bond donors (Lipinski definition) is 12. The van der Waals surface area contributed by atoms with E-state index in [2.05, 4.69) is 0 Å². The summed E-state index contributed by atoms with van der Waals surface area (Å²) < 4.78 is 0. The summed E-state index contributed by atoms with van der Waals surface area (Å²) in [6.07, 6.45) is 0. The van der Waals surface area contributed by atoms with Gasteiger partial charge in [0, 0.05) is 16.7 Å². The first-order valence-electron chi connectivity index (χ1n) is 11.3. The van der Waals surface area contributed by atoms with Gasteiger partial charge in [-0.3, -0.25) is 14.4 Å². The van der Waals surface area contributed by atoms with E-state index in [-0.39, 0.29) is 11.1 Å². The van der Waals surface area contributed by atoms with Crippen LogP contribution in [-0.2, 0) is 0 Å². The fourth-order valence-corrected chi connectivity index (χ4v) is 4.02. The predicted octanol–water partition coefficient (Wildman–Crippen LogP) is 1.85. The molecular formula is C27H18O15. The molecule has 0 amide bonds. The molecule has 42 heavy (non-hydrogen) atoms. The topological polar surface area (TPSA) is 294 Å². The van der Waals surface area contributed by atoms with Crippen molar-refractivity contribution < 1.29 is 75.7 Å². The highest BCUT2D eigenvalue weighted by molar-refractivity contribution is 6.31. The molecule has 12 N–H and O–H groups in total. The SMILES string of the molecule is O=C(c1cc(O)c(O)c(O)c1)c1ccc(O)c(O)c1O.O=C1c2cc(O)c(O)c(O)c2C(=O)c2cc(O)c(O)c(O)c21. The molecule has 216 valence electrons. The quantitative estimate of drug-likeness (QED) is 0.104. The zero-order valence-corrected chi connectivity index (χ0v) is 20.6. The Kier molecular flexibility index (Phi) is 6.72. The Morgan fingerprint density at radius 1 is 0.429 bits per heavy atom. The lowest BCUT2D eigenvalue weighted by Crippen LogP contribution is -2.21. The Labute approximate surface area is 232 Å². The fourth-order valence-electron chi connectivity index (χ4n) is 4.02. The summed E-state index contributed by atoms with van der Waals surface area (Å²) >= 11 is 0. The van der Waals surface area contributed by atoms with Gasteiger partial charge in [0.15, 0.2) is 69.1 Å². The van der Waals surface area contributed by atoms with Crippen molar-refractivity contribution in [3.8, 4) is 69.0 Å². The Bertz CT molecular complexity index is 1760. The molecule has 15 nitrogen and oxygen atoms in total. The van der Waals surface area contributed by atoms with Crippen LogP contribution in [0.3, 0.4) is 0 Å². The predicted molar refractivity (Wildman–Crippen MR) is 136 cm³/mol. The van der Waals surface area contributed by atoms with Gasteiger partial charge in [0.05, 0.1) is 16.7 Å². The van der Waals surface area contributed by atoms with Gasteiger partial charge in [0.1, 0.15) is 0 Å². The zero-order valence-electron chi connectivity index (χ0n) is 20.6. The molecule has 15 heteroatoms. The molecule has 0 aromatic heterocycles. The number of carbonyl (C=O) groups is 3. The van der Waals surface area contributed by atoms with Crippen molar-refractivity contribution in [3.05, 3.63) is 69.8 Å². The number of phenols is 12. The monoisotopic (exact) mass is 582 g/mol. The van der Waals surface area contributed by atoms with Gasteiger partial charge < -0.3 is 61.3 Å². The number of ketones is 3. The smallest absolute Gasteiger partial charge is 0.201 e. The van der Waals surface area contributed by atoms with Crippen LogP contribution in [0.5, 0.6) is 69.0 Å². The molecule has 1 aliphatic rings. The maximum atomic E-state index is 12.3. The summed E-state index contributed by atoms with van der Waals surface area (Å²) in [6, 6.07) is 5.37. The van der Waals surface area contributed by atoms with Crippen LogP contribution in [0, 0.1) is 0 Å². The molecule has 0 heterocycles. The molecule has 0 bridgehead atoms. The number of fused-ring (bicyclic) bond motifs is 2. The van der Waals surface area contributed by atoms with Gasteiger partial charge >= 0.3 is 0 Å². The molecule has 0 spiro atoms. The number of benzene rings is 4. The van der Waals surface area contributed by atoms with Gasteiger partial charge in [-0.2, -0.15) is 0 Å². The van der Waals surface area contributed by atoms with Crippen LogP contribution in [0.1, 0.15) is 47.8 Å². The molecule has 0 saturated carbocycles. The summed E-state index contributed by atoms with van der Waals surface area (Å²) in [6.45, 7) is 0. The number of aromatic hydroxyl groups is 12. The number of phenolic OH excluding ortho intramolecular Hbond substituents is 12. The van der Waals surface area contributed by atoms with Crippen molar-refractivity contribution in [2.75, 3.05) is 0 Å². The van der Waals surface area contributed by atoms with Crippen LogP contribution in [-0.4, -0.2) is 78.6 Å². The van der Waals surface area contributed by atoms with E-state index in [9.17, 15) is 70.6 Å². The third kappa shape index (κ3) is 4.32. The maximum Gasteiger partial charge on any atom is 0.201 e. The van der Waals surface area contributed by atoms with Crippen LogP contribution < -0.4 is 0 Å². The first-order valence-corrected chi connectivity index (χ1v) is 11.3. The summed E-state index contributed by atoms with van der Waals surface area (Å²) in [7, 11) is 0. The van der Waals surface area contributed by atoms with Gasteiger partial charge in [-0.15, -0.1) is 0 Å². The van der Waals surface area contributed by atoms with E-state index in [1.54, 1.807) is 0 Å². The lowest BCUT2D eigenvalue weighted by Gasteiger charge is -2.20. The lowest BCUT2D eigenvalue weighted by molar-refractivity contribution is 0.0972. The minimum atomic E-state index is -0.994. The number of carbonyl (C=O) groups excluding carboxylic acids is 3. The summed E-state index contributed by atoms with van der Waals surface area (Å²) in [5.41, 5.74) is -2.62. The minimum absolute atomic E-state index is 0.224. The van der Waals surface area contributed by atoms with Gasteiger partial charge in [0.25, 0.3) is 0 Å². The minimum Gasteiger partial charge on any atom is -0.504 e. The van der Waals surface area contributed by atoms with Crippen molar-refractivity contribution >= 4 is 17.3 Å². The fraction of sp³-hybridized carbons (Fsp3) is 0. The summed E-state index contributed by atoms with van der Waals surface area (Å²) in [4.78, 5) is 36.8. The van der Waals surface area contributed by atoms with E-state index in [4.69, 9.17) is 5.11 Å². The molecule has 0 aliphatic heterocycles. The molecule has 1 aliphatic carbocycles. The van der Waals surface area contributed by atoms with Crippen LogP contribution in [0.2, 0.25) is 0 Å². The van der Waals surface area contributed by atoms with Crippen LogP contribution >= 0.6 is 0 Å². The largest absolute Gasteiger partial charge is 0.504 e. The van der Waals surface area contributed by atoms with Crippen molar-refractivity contribution in [2.24, 2.45) is 0 Å². The van der Waals surface area contributed by atoms with Crippen molar-refractivity contribution in [2.45, 2.75) is 0 Å². The molecule has 0 radical (unpaired) electrons. The Morgan fingerprint density at radius 2 is 0.810 bits per heavy atom. The van der Waals surface area contributed by atoms with E-state index >= 15 is 0 Å². The Balaban J connectivity index is 0.000000194. The third-order valence-corrected chi connectivity index (χ3v) is 6.16. The van der Waals surface area contributed by atoms with Gasteiger partial charge in [-0.1, -0.05) is 0 Å². The molecule has 4 aromatic rings. The van der Waals surface area contributed by atoms with Crippen LogP contribution in [0.4, 0.5) is 0 Å². The molecule has 4 aromatic carbocycles. The van der Waals surface area contributed by atoms with E-state index in [1.165, 1.54) is 0 Å². The van der Waals surface area contributed by atoms with Crippen LogP contribution in [0.15, 0.2) is 36.4 Å². The highest BCUT2D eigenvalue weighted by atomic mass is 16.3. The van der Waals surface area contributed by atoms with E-state index in [1.807, 2.05) is 0 Å². The zero-order chi connectivity index (χ0) is 31.4. The first kappa shape index (κ1) is 28.5. The molecule has 0 saturated heterocycles. The number of hydrogen-bond acceptors (Lipinski definition) is 15. The molecule has 5 rings (SSSR count). The number of rotatable bonds is 2. The Hall–Kier alpha value is -6.51. The standard InChI is InChI=1S/C14H8O8.C13H10O7/c15-5-1-3-7(13(21)11(5)19)10(18)4-2-6(16)12(20)14(22)8(4)9(3)17;14-7-2-1-6(11(18)13(7)20)10(17)5-3-8(15)12(19)9(16)4-5/h1-2,15-16,19-22H;1-4,14-16,18-20H. The van der Waals surface area contributed by atoms with Crippen molar-refractivity contribution in [1.82, 2.24) is 0 Å². The third-order valence-electron chi connectivity index (χ3n) is 6.16. The van der Waals surface area contributed by atoms with E-state index in [0.717, 1.165) is 36.4 Å². The highest BCUT2D eigenvalue weighted by Gasteiger charge is 2.38. The summed E-state index contributed by atoms with van der Waals surface area (Å²) in [5.74, 6) is -12.9. The molecular weight excluding hydrogens is 564 g/mol. The molecule has 0 atom stereocenters. The Morgan fingerprint density at radius 3 is 1.24 bits per heavy atom. The normalized spacial score (nSPS) is 11.7. The van der Waals surface area contributed by atoms with Gasteiger partial charge in [0.2, 0.25) is 17.2 Å². The van der Waals surface area contributed by atoms with Crippen LogP contribution in [0.25, 0.3) is 0 Å². The van der Waals surface area contributed by atoms with E-state index in [0.29, 0.717) is 0 Å². The van der Waals surface area contributed by atoms with Gasteiger partial charge in [-0.05, 0) is 36.4 Å². The highest BCUT2D eigenvalue weighted by Crippen LogP contribution is 2.48. The first-order chi connectivity index (χ1) is 19.6. The second kappa shape index (κ2) is 9.91. The van der Waals surface area contributed by atoms with E-state index < -0.39 is 109 Å². The van der Waals surface area contributed by atoms with Gasteiger partial charge in [-0.25, -0.2) is 0 Å². The average Bonchev–Trinajstić information content (AvgIpc) is 2.94. The van der Waals surface area contributed by atoms with Crippen molar-refractivity contribution in [1.29, 1.82) is 0 Å². The maximum absolute atomic E-state index is 12.3. The van der Waals surface area contributed by atoms with Crippen molar-refractivity contribution in [3.63, 3.8) is 0 Å². The summed E-state index contributed by atoms with van der Waals surface area (Å²) in [5, 5.41) is 113. The molecule has 0 unspecified atom stereocenters. The average molecular weight is 582 g/mol.